The van der Waals surface area contributed by atoms with Crippen molar-refractivity contribution in [3.63, 3.8) is 0 Å². The number of nitrogens with one attached hydrogen (secondary N) is 2. The van der Waals surface area contributed by atoms with Gasteiger partial charge in [-0.2, -0.15) is 0 Å². The summed E-state index contributed by atoms with van der Waals surface area (Å²) in [6.45, 7) is 2.93. The van der Waals surface area contributed by atoms with Crippen LogP contribution in [0.15, 0.2) is 23.1 Å². The molecule has 1 amide bonds. The lowest BCUT2D eigenvalue weighted by atomic mass is 9.83. The minimum atomic E-state index is -0.188. The fourth-order valence-corrected chi connectivity index (χ4v) is 2.70. The van der Waals surface area contributed by atoms with Crippen LogP contribution in [0.2, 0.25) is 0 Å². The number of aromatic nitrogens is 1. The quantitative estimate of drug-likeness (QED) is 0.857. The highest BCUT2D eigenvalue weighted by Crippen LogP contribution is 2.40. The molecule has 0 aromatic carbocycles. The van der Waals surface area contributed by atoms with Crippen LogP contribution < -0.4 is 10.9 Å². The standard InChI is InChI=1S/C14H20N2O2/c1-2-14(7-3-4-8-14)10-16-13(18)11-5-6-12(17)15-9-11/h5-6,9H,2-4,7-8,10H2,1H3,(H,15,17)(H,16,18). The number of hydrogen-bond donors (Lipinski definition) is 2. The summed E-state index contributed by atoms with van der Waals surface area (Å²) >= 11 is 0. The Morgan fingerprint density at radius 1 is 1.39 bits per heavy atom. The Morgan fingerprint density at radius 3 is 2.67 bits per heavy atom. The molecule has 4 nitrogen and oxygen atoms in total. The predicted molar refractivity (Wildman–Crippen MR) is 70.6 cm³/mol. The first kappa shape index (κ1) is 12.9. The molecular formula is C14H20N2O2. The van der Waals surface area contributed by atoms with Crippen molar-refractivity contribution in [3.8, 4) is 0 Å². The van der Waals surface area contributed by atoms with Gasteiger partial charge in [-0.25, -0.2) is 0 Å². The van der Waals surface area contributed by atoms with E-state index in [-0.39, 0.29) is 16.9 Å². The van der Waals surface area contributed by atoms with Crippen molar-refractivity contribution in [2.45, 2.75) is 39.0 Å². The molecule has 4 heteroatoms. The Bertz CT molecular complexity index is 452. The molecule has 0 radical (unpaired) electrons. The predicted octanol–water partition coefficient (Wildman–Crippen LogP) is 2.08. The van der Waals surface area contributed by atoms with E-state index < -0.39 is 0 Å². The van der Waals surface area contributed by atoms with E-state index in [1.807, 2.05) is 0 Å². The third-order valence-electron chi connectivity index (χ3n) is 4.08. The monoisotopic (exact) mass is 248 g/mol. The number of pyridine rings is 1. The Labute approximate surface area is 107 Å². The minimum Gasteiger partial charge on any atom is -0.351 e. The van der Waals surface area contributed by atoms with E-state index >= 15 is 0 Å². The largest absolute Gasteiger partial charge is 0.351 e. The van der Waals surface area contributed by atoms with Crippen LogP contribution in [-0.4, -0.2) is 17.4 Å². The van der Waals surface area contributed by atoms with Crippen LogP contribution in [0.1, 0.15) is 49.4 Å². The molecular weight excluding hydrogens is 228 g/mol. The summed E-state index contributed by atoms with van der Waals surface area (Å²) in [6.07, 6.45) is 7.51. The molecule has 1 aliphatic rings. The van der Waals surface area contributed by atoms with Gasteiger partial charge in [0.15, 0.2) is 0 Å². The zero-order valence-electron chi connectivity index (χ0n) is 10.8. The Balaban J connectivity index is 1.95. The second-order valence-electron chi connectivity index (χ2n) is 5.18. The second kappa shape index (κ2) is 5.38. The van der Waals surface area contributed by atoms with Crippen LogP contribution in [0.3, 0.4) is 0 Å². The summed E-state index contributed by atoms with van der Waals surface area (Å²) in [6, 6.07) is 2.93. The topological polar surface area (TPSA) is 62.0 Å². The van der Waals surface area contributed by atoms with Crippen LogP contribution in [0.25, 0.3) is 0 Å². The Kier molecular flexibility index (Phi) is 3.84. The molecule has 1 saturated carbocycles. The van der Waals surface area contributed by atoms with Crippen LogP contribution in [-0.2, 0) is 0 Å². The molecule has 0 bridgehead atoms. The summed E-state index contributed by atoms with van der Waals surface area (Å²) < 4.78 is 0. The zero-order valence-corrected chi connectivity index (χ0v) is 10.8. The van der Waals surface area contributed by atoms with Crippen LogP contribution in [0, 0.1) is 5.41 Å². The second-order valence-corrected chi connectivity index (χ2v) is 5.18. The van der Waals surface area contributed by atoms with Crippen molar-refractivity contribution in [2.75, 3.05) is 6.54 Å². The van der Waals surface area contributed by atoms with E-state index in [9.17, 15) is 9.59 Å². The highest BCUT2D eigenvalue weighted by molar-refractivity contribution is 5.93. The molecule has 18 heavy (non-hydrogen) atoms. The number of H-pyrrole nitrogens is 1. The van der Waals surface area contributed by atoms with E-state index in [1.165, 1.54) is 37.9 Å². The van der Waals surface area contributed by atoms with E-state index in [4.69, 9.17) is 0 Å². The number of aromatic amines is 1. The molecule has 98 valence electrons. The number of rotatable bonds is 4. The Morgan fingerprint density at radius 2 is 2.11 bits per heavy atom. The summed E-state index contributed by atoms with van der Waals surface area (Å²) in [7, 11) is 0. The maximum atomic E-state index is 11.9. The van der Waals surface area contributed by atoms with E-state index in [0.29, 0.717) is 5.56 Å². The van der Waals surface area contributed by atoms with Gasteiger partial charge in [-0.3, -0.25) is 9.59 Å². The number of amides is 1. The molecule has 1 aromatic rings. The molecule has 0 spiro atoms. The maximum Gasteiger partial charge on any atom is 0.252 e. The highest BCUT2D eigenvalue weighted by Gasteiger charge is 2.32. The first-order valence-electron chi connectivity index (χ1n) is 6.62. The Hall–Kier alpha value is -1.58. The number of carbonyl (C=O) groups is 1. The smallest absolute Gasteiger partial charge is 0.252 e. The highest BCUT2D eigenvalue weighted by atomic mass is 16.1. The van der Waals surface area contributed by atoms with E-state index in [0.717, 1.165) is 13.0 Å². The average Bonchev–Trinajstić information content (AvgIpc) is 2.86. The molecule has 2 rings (SSSR count). The average molecular weight is 248 g/mol. The first-order chi connectivity index (χ1) is 8.65. The molecule has 1 heterocycles. The zero-order chi connectivity index (χ0) is 13.0. The van der Waals surface area contributed by atoms with E-state index in [2.05, 4.69) is 17.2 Å². The first-order valence-corrected chi connectivity index (χ1v) is 6.62. The summed E-state index contributed by atoms with van der Waals surface area (Å²) in [4.78, 5) is 25.4. The minimum absolute atomic E-state index is 0.106. The van der Waals surface area contributed by atoms with Gasteiger partial charge in [0.25, 0.3) is 5.91 Å². The van der Waals surface area contributed by atoms with Crippen molar-refractivity contribution in [1.82, 2.24) is 10.3 Å². The van der Waals surface area contributed by atoms with Gasteiger partial charge in [0.2, 0.25) is 5.56 Å². The van der Waals surface area contributed by atoms with Crippen molar-refractivity contribution < 1.29 is 4.79 Å². The summed E-state index contributed by atoms with van der Waals surface area (Å²) in [5.41, 5.74) is 0.615. The normalized spacial score (nSPS) is 17.6. The van der Waals surface area contributed by atoms with Crippen LogP contribution in [0.4, 0.5) is 0 Å². The molecule has 2 N–H and O–H groups in total. The molecule has 0 saturated heterocycles. The van der Waals surface area contributed by atoms with Crippen LogP contribution >= 0.6 is 0 Å². The van der Waals surface area contributed by atoms with Crippen LogP contribution in [0.5, 0.6) is 0 Å². The van der Waals surface area contributed by atoms with Gasteiger partial charge in [-0.1, -0.05) is 19.8 Å². The van der Waals surface area contributed by atoms with Gasteiger partial charge in [0.05, 0.1) is 5.56 Å². The molecule has 1 aromatic heterocycles. The van der Waals surface area contributed by atoms with Gasteiger partial charge in [0, 0.05) is 18.8 Å². The van der Waals surface area contributed by atoms with E-state index in [1.54, 1.807) is 6.07 Å². The van der Waals surface area contributed by atoms with Gasteiger partial charge in [0.1, 0.15) is 0 Å². The molecule has 1 fully saturated rings. The third kappa shape index (κ3) is 2.81. The molecule has 0 unspecified atom stereocenters. The van der Waals surface area contributed by atoms with Crippen molar-refractivity contribution in [2.24, 2.45) is 5.41 Å². The lowest BCUT2D eigenvalue weighted by Crippen LogP contribution is -2.35. The van der Waals surface area contributed by atoms with Crippen molar-refractivity contribution in [3.05, 3.63) is 34.2 Å². The third-order valence-corrected chi connectivity index (χ3v) is 4.08. The lowest BCUT2D eigenvalue weighted by molar-refractivity contribution is 0.0928. The summed E-state index contributed by atoms with van der Waals surface area (Å²) in [5.74, 6) is -0.106. The molecule has 1 aliphatic carbocycles. The van der Waals surface area contributed by atoms with Crippen molar-refractivity contribution in [1.29, 1.82) is 0 Å². The van der Waals surface area contributed by atoms with Gasteiger partial charge >= 0.3 is 0 Å². The molecule has 0 atom stereocenters. The van der Waals surface area contributed by atoms with Gasteiger partial charge < -0.3 is 10.3 Å². The SMILES string of the molecule is CCC1(CNC(=O)c2ccc(=O)[nH]c2)CCCC1. The number of hydrogen-bond acceptors (Lipinski definition) is 2. The van der Waals surface area contributed by atoms with Gasteiger partial charge in [-0.15, -0.1) is 0 Å². The van der Waals surface area contributed by atoms with Gasteiger partial charge in [-0.05, 0) is 30.7 Å². The number of carbonyl (C=O) groups excluding carboxylic acids is 1. The lowest BCUT2D eigenvalue weighted by Gasteiger charge is -2.27. The maximum absolute atomic E-state index is 11.9. The fraction of sp³-hybridized carbons (Fsp3) is 0.571. The summed E-state index contributed by atoms with van der Waals surface area (Å²) in [5, 5.41) is 2.99. The van der Waals surface area contributed by atoms with Crippen molar-refractivity contribution >= 4 is 5.91 Å². The molecule has 0 aliphatic heterocycles. The fourth-order valence-electron chi connectivity index (χ4n) is 2.70.